The summed E-state index contributed by atoms with van der Waals surface area (Å²) in [6.45, 7) is 7.06. The fourth-order valence-corrected chi connectivity index (χ4v) is 4.02. The largest absolute Gasteiger partial charge is 0.307 e. The zero-order valence-electron chi connectivity index (χ0n) is 12.5. The van der Waals surface area contributed by atoms with Crippen LogP contribution in [0.2, 0.25) is 0 Å². The highest BCUT2D eigenvalue weighted by Crippen LogP contribution is 2.37. The van der Waals surface area contributed by atoms with Gasteiger partial charge in [0.1, 0.15) is 4.83 Å². The van der Waals surface area contributed by atoms with Crippen LogP contribution in [0.15, 0.2) is 12.1 Å². The van der Waals surface area contributed by atoms with Gasteiger partial charge in [0, 0.05) is 22.2 Å². The van der Waals surface area contributed by atoms with Crippen LogP contribution >= 0.6 is 11.3 Å². The Balaban J connectivity index is 2.04. The lowest BCUT2D eigenvalue weighted by atomic mass is 9.76. The molecule has 3 rings (SSSR count). The van der Waals surface area contributed by atoms with Gasteiger partial charge in [-0.15, -0.1) is 11.3 Å². The van der Waals surface area contributed by atoms with Crippen molar-refractivity contribution in [1.82, 2.24) is 4.98 Å². The van der Waals surface area contributed by atoms with Crippen molar-refractivity contribution in [1.29, 1.82) is 5.41 Å². The number of nitrogens with one attached hydrogen (secondary N) is 1. The Labute approximate surface area is 124 Å². The normalized spacial score (nSPS) is 19.6. The van der Waals surface area contributed by atoms with E-state index in [2.05, 4.69) is 32.9 Å². The molecule has 0 bridgehead atoms. The van der Waals surface area contributed by atoms with Gasteiger partial charge >= 0.3 is 0 Å². The molecule has 0 spiro atoms. The number of fused-ring (bicyclic) bond motifs is 2. The number of thiophene rings is 1. The molecule has 106 valence electrons. The van der Waals surface area contributed by atoms with Crippen molar-refractivity contribution in [3.63, 3.8) is 0 Å². The second-order valence-corrected chi connectivity index (χ2v) is 8.00. The molecule has 1 aliphatic carbocycles. The number of rotatable bonds is 1. The summed E-state index contributed by atoms with van der Waals surface area (Å²) in [5, 5.41) is 8.60. The minimum absolute atomic E-state index is 0.366. The first-order valence-electron chi connectivity index (χ1n) is 7.40. The summed E-state index contributed by atoms with van der Waals surface area (Å²) >= 11 is 1.63. The van der Waals surface area contributed by atoms with Crippen molar-refractivity contribution >= 4 is 27.8 Å². The van der Waals surface area contributed by atoms with E-state index in [0.717, 1.165) is 28.5 Å². The van der Waals surface area contributed by atoms with Crippen LogP contribution in [0.5, 0.6) is 0 Å². The van der Waals surface area contributed by atoms with Crippen molar-refractivity contribution in [2.24, 2.45) is 11.3 Å². The monoisotopic (exact) mass is 286 g/mol. The fourth-order valence-electron chi connectivity index (χ4n) is 3.16. The van der Waals surface area contributed by atoms with Crippen molar-refractivity contribution in [3.8, 4) is 0 Å². The van der Waals surface area contributed by atoms with E-state index < -0.39 is 0 Å². The SMILES string of the molecule is CC(C)(C)C1CCCc2nc3sc(C=N)cc3cc2C1. The molecule has 20 heavy (non-hydrogen) atoms. The Kier molecular flexibility index (Phi) is 3.41. The third-order valence-corrected chi connectivity index (χ3v) is 5.49. The van der Waals surface area contributed by atoms with E-state index in [1.165, 1.54) is 35.7 Å². The molecule has 1 unspecified atom stereocenters. The molecular formula is C17H22N2S. The predicted octanol–water partition coefficient (Wildman–Crippen LogP) is 4.84. The number of aryl methyl sites for hydroxylation is 1. The second kappa shape index (κ2) is 4.96. The zero-order chi connectivity index (χ0) is 14.3. The second-order valence-electron chi connectivity index (χ2n) is 6.94. The molecular weight excluding hydrogens is 264 g/mol. The van der Waals surface area contributed by atoms with Crippen LogP contribution in [0.25, 0.3) is 10.2 Å². The minimum atomic E-state index is 0.366. The van der Waals surface area contributed by atoms with Crippen LogP contribution < -0.4 is 0 Å². The molecule has 0 aliphatic heterocycles. The van der Waals surface area contributed by atoms with Gasteiger partial charge in [-0.1, -0.05) is 20.8 Å². The molecule has 2 aromatic heterocycles. The maximum absolute atomic E-state index is 7.39. The molecule has 0 saturated heterocycles. The van der Waals surface area contributed by atoms with Crippen LogP contribution in [-0.4, -0.2) is 11.2 Å². The van der Waals surface area contributed by atoms with E-state index in [9.17, 15) is 0 Å². The number of hydrogen-bond acceptors (Lipinski definition) is 3. The highest BCUT2D eigenvalue weighted by Gasteiger charge is 2.28. The summed E-state index contributed by atoms with van der Waals surface area (Å²) in [5.74, 6) is 0.740. The summed E-state index contributed by atoms with van der Waals surface area (Å²) < 4.78 is 0. The topological polar surface area (TPSA) is 36.7 Å². The third kappa shape index (κ3) is 2.51. The van der Waals surface area contributed by atoms with Crippen LogP contribution in [0.3, 0.4) is 0 Å². The van der Waals surface area contributed by atoms with Crippen molar-refractivity contribution in [2.75, 3.05) is 0 Å². The number of nitrogens with zero attached hydrogens (tertiary/aromatic N) is 1. The van der Waals surface area contributed by atoms with E-state index >= 15 is 0 Å². The summed E-state index contributed by atoms with van der Waals surface area (Å²) in [5.41, 5.74) is 3.09. The first-order valence-corrected chi connectivity index (χ1v) is 8.22. The minimum Gasteiger partial charge on any atom is -0.307 e. The quantitative estimate of drug-likeness (QED) is 0.591. The van der Waals surface area contributed by atoms with E-state index in [-0.39, 0.29) is 0 Å². The van der Waals surface area contributed by atoms with Gasteiger partial charge in [0.15, 0.2) is 0 Å². The smallest absolute Gasteiger partial charge is 0.124 e. The summed E-state index contributed by atoms with van der Waals surface area (Å²) in [6, 6.07) is 4.42. The number of hydrogen-bond donors (Lipinski definition) is 1. The van der Waals surface area contributed by atoms with Gasteiger partial charge in [-0.3, -0.25) is 0 Å². The van der Waals surface area contributed by atoms with Gasteiger partial charge in [0.25, 0.3) is 0 Å². The lowest BCUT2D eigenvalue weighted by molar-refractivity contribution is 0.224. The van der Waals surface area contributed by atoms with Crippen LogP contribution in [0.4, 0.5) is 0 Å². The Morgan fingerprint density at radius 1 is 1.35 bits per heavy atom. The first-order chi connectivity index (χ1) is 9.47. The van der Waals surface area contributed by atoms with Gasteiger partial charge in [0.05, 0.1) is 0 Å². The molecule has 3 heteroatoms. The summed E-state index contributed by atoms with van der Waals surface area (Å²) in [6.07, 6.45) is 6.23. The highest BCUT2D eigenvalue weighted by atomic mass is 32.1. The maximum Gasteiger partial charge on any atom is 0.124 e. The molecule has 1 aliphatic rings. The molecule has 0 aromatic carbocycles. The Bertz CT molecular complexity index is 649. The molecule has 0 amide bonds. The summed E-state index contributed by atoms with van der Waals surface area (Å²) in [4.78, 5) is 6.97. The maximum atomic E-state index is 7.39. The molecule has 2 nitrogen and oxygen atoms in total. The van der Waals surface area contributed by atoms with E-state index in [0.29, 0.717) is 5.41 Å². The molecule has 1 N–H and O–H groups in total. The molecule has 2 aromatic rings. The molecule has 0 radical (unpaired) electrons. The fraction of sp³-hybridized carbons (Fsp3) is 0.529. The van der Waals surface area contributed by atoms with Gasteiger partial charge in [-0.05, 0) is 54.7 Å². The standard InChI is InChI=1S/C17H22N2S/c1-17(2,3)13-5-4-6-15-11(8-13)7-12-9-14(10-18)20-16(12)19-15/h7,9-10,13,18H,4-6,8H2,1-3H3. The average Bonchev–Trinajstić information content (AvgIpc) is 2.65. The van der Waals surface area contributed by atoms with Crippen LogP contribution in [-0.2, 0) is 12.8 Å². The van der Waals surface area contributed by atoms with E-state index in [4.69, 9.17) is 10.4 Å². The van der Waals surface area contributed by atoms with Crippen molar-refractivity contribution < 1.29 is 0 Å². The average molecular weight is 286 g/mol. The van der Waals surface area contributed by atoms with Gasteiger partial charge in [-0.2, -0.15) is 0 Å². The Hall–Kier alpha value is -1.22. The van der Waals surface area contributed by atoms with Crippen LogP contribution in [0, 0.1) is 16.7 Å². The molecule has 0 fully saturated rings. The molecule has 2 heterocycles. The Morgan fingerprint density at radius 2 is 2.15 bits per heavy atom. The number of pyridine rings is 1. The van der Waals surface area contributed by atoms with Gasteiger partial charge in [-0.25, -0.2) is 4.98 Å². The highest BCUT2D eigenvalue weighted by molar-refractivity contribution is 7.20. The molecule has 0 saturated carbocycles. The lowest BCUT2D eigenvalue weighted by Crippen LogP contribution is -2.22. The van der Waals surface area contributed by atoms with Crippen molar-refractivity contribution in [3.05, 3.63) is 28.3 Å². The van der Waals surface area contributed by atoms with Crippen LogP contribution in [0.1, 0.15) is 49.7 Å². The third-order valence-electron chi connectivity index (χ3n) is 4.50. The number of aromatic nitrogens is 1. The Morgan fingerprint density at radius 3 is 2.85 bits per heavy atom. The summed E-state index contributed by atoms with van der Waals surface area (Å²) in [7, 11) is 0. The van der Waals surface area contributed by atoms with Crippen molar-refractivity contribution in [2.45, 2.75) is 46.5 Å². The first kappa shape index (κ1) is 13.7. The van der Waals surface area contributed by atoms with Gasteiger partial charge in [0.2, 0.25) is 0 Å². The predicted molar refractivity (Wildman–Crippen MR) is 87.1 cm³/mol. The zero-order valence-corrected chi connectivity index (χ0v) is 13.3. The van der Waals surface area contributed by atoms with E-state index in [1.807, 2.05) is 0 Å². The lowest BCUT2D eigenvalue weighted by Gasteiger charge is -2.29. The van der Waals surface area contributed by atoms with Gasteiger partial charge < -0.3 is 5.41 Å². The molecule has 1 atom stereocenters. The van der Waals surface area contributed by atoms with E-state index in [1.54, 1.807) is 11.3 Å².